The van der Waals surface area contributed by atoms with Crippen molar-refractivity contribution in [3.63, 3.8) is 0 Å². The lowest BCUT2D eigenvalue weighted by atomic mass is 9.70. The summed E-state index contributed by atoms with van der Waals surface area (Å²) in [5.74, 6) is -2.18. The van der Waals surface area contributed by atoms with Gasteiger partial charge in [0.25, 0.3) is 5.91 Å². The Morgan fingerprint density at radius 1 is 1.14 bits per heavy atom. The number of rotatable bonds is 7. The van der Waals surface area contributed by atoms with Crippen LogP contribution in [0.15, 0.2) is 47.0 Å². The SMILES string of the molecule is Cc1onc(-c2c(F)cccc2Cl)c1C(=O)OC1(C(N)=O)CCC(Cc2cccc(Cl)c2)(N(C)C)CC1. The van der Waals surface area contributed by atoms with E-state index >= 15 is 0 Å². The van der Waals surface area contributed by atoms with Crippen LogP contribution in [0, 0.1) is 12.7 Å². The first-order valence-corrected chi connectivity index (χ1v) is 12.6. The lowest BCUT2D eigenvalue weighted by Crippen LogP contribution is -2.57. The number of carbonyl (C=O) groups excluding carboxylic acids is 2. The Kier molecular flexibility index (Phi) is 7.65. The summed E-state index contributed by atoms with van der Waals surface area (Å²) >= 11 is 12.4. The van der Waals surface area contributed by atoms with E-state index in [2.05, 4.69) is 10.1 Å². The summed E-state index contributed by atoms with van der Waals surface area (Å²) in [4.78, 5) is 28.3. The van der Waals surface area contributed by atoms with Crippen LogP contribution in [-0.4, -0.2) is 47.2 Å². The number of benzene rings is 2. The Balaban J connectivity index is 1.61. The predicted molar refractivity (Wildman–Crippen MR) is 139 cm³/mol. The fourth-order valence-electron chi connectivity index (χ4n) is 5.06. The number of carbonyl (C=O) groups is 2. The summed E-state index contributed by atoms with van der Waals surface area (Å²) in [5, 5.41) is 4.56. The largest absolute Gasteiger partial charge is 0.445 e. The third-order valence-corrected chi connectivity index (χ3v) is 7.91. The van der Waals surface area contributed by atoms with Crippen LogP contribution in [0.2, 0.25) is 10.0 Å². The van der Waals surface area contributed by atoms with Crippen molar-refractivity contribution in [2.24, 2.45) is 5.73 Å². The number of halogens is 3. The lowest BCUT2D eigenvalue weighted by Gasteiger charge is -2.48. The number of aryl methyl sites for hydroxylation is 1. The van der Waals surface area contributed by atoms with E-state index in [1.165, 1.54) is 25.1 Å². The molecule has 1 heterocycles. The normalized spacial score (nSPS) is 21.7. The van der Waals surface area contributed by atoms with Gasteiger partial charge in [0.1, 0.15) is 22.8 Å². The number of esters is 1. The highest BCUT2D eigenvalue weighted by atomic mass is 35.5. The summed E-state index contributed by atoms with van der Waals surface area (Å²) in [7, 11) is 3.97. The molecule has 3 aromatic rings. The van der Waals surface area contributed by atoms with Crippen molar-refractivity contribution in [2.75, 3.05) is 14.1 Å². The fraction of sp³-hybridized carbons (Fsp3) is 0.370. The smallest absolute Gasteiger partial charge is 0.345 e. The van der Waals surface area contributed by atoms with Crippen LogP contribution in [0.4, 0.5) is 4.39 Å². The van der Waals surface area contributed by atoms with E-state index in [4.69, 9.17) is 38.2 Å². The average Bonchev–Trinajstić information content (AvgIpc) is 3.21. The van der Waals surface area contributed by atoms with Crippen molar-refractivity contribution in [3.8, 4) is 11.3 Å². The molecule has 1 aromatic heterocycles. The summed E-state index contributed by atoms with van der Waals surface area (Å²) in [5.41, 5.74) is 4.76. The number of primary amides is 1. The molecule has 0 bridgehead atoms. The van der Waals surface area contributed by atoms with E-state index in [0.717, 1.165) is 5.56 Å². The highest BCUT2D eigenvalue weighted by molar-refractivity contribution is 6.33. The summed E-state index contributed by atoms with van der Waals surface area (Å²) in [6.45, 7) is 1.50. The van der Waals surface area contributed by atoms with E-state index in [1.54, 1.807) is 0 Å². The van der Waals surface area contributed by atoms with Gasteiger partial charge in [-0.2, -0.15) is 0 Å². The quantitative estimate of drug-likeness (QED) is 0.387. The van der Waals surface area contributed by atoms with Crippen molar-refractivity contribution < 1.29 is 23.2 Å². The Hall–Kier alpha value is -2.94. The van der Waals surface area contributed by atoms with Gasteiger partial charge in [-0.15, -0.1) is 0 Å². The standard InChI is InChI=1S/C27H28Cl2FN3O4/c1-16-21(23(32-37-16)22-19(29)8-5-9-20(22)30)24(34)36-27(25(31)35)12-10-26(11-13-27,33(2)3)15-17-6-4-7-18(28)14-17/h4-9,14H,10-13,15H2,1-3H3,(H2,31,35). The monoisotopic (exact) mass is 547 g/mol. The molecule has 1 fully saturated rings. The molecule has 7 nitrogen and oxygen atoms in total. The van der Waals surface area contributed by atoms with Crippen molar-refractivity contribution >= 4 is 35.1 Å². The van der Waals surface area contributed by atoms with Gasteiger partial charge in [0.05, 0.1) is 10.6 Å². The minimum Gasteiger partial charge on any atom is -0.445 e. The second-order valence-electron chi connectivity index (χ2n) is 9.73. The molecule has 10 heteroatoms. The molecule has 0 radical (unpaired) electrons. The Labute approximate surface area is 224 Å². The van der Waals surface area contributed by atoms with Gasteiger partial charge in [0.15, 0.2) is 5.60 Å². The first-order valence-electron chi connectivity index (χ1n) is 11.8. The van der Waals surface area contributed by atoms with E-state index in [-0.39, 0.29) is 46.0 Å². The lowest BCUT2D eigenvalue weighted by molar-refractivity contribution is -0.144. The van der Waals surface area contributed by atoms with Crippen LogP contribution in [-0.2, 0) is 16.0 Å². The molecule has 37 heavy (non-hydrogen) atoms. The number of hydrogen-bond acceptors (Lipinski definition) is 6. The molecule has 4 rings (SSSR count). The molecule has 2 N–H and O–H groups in total. The molecule has 1 amide bonds. The molecule has 0 unspecified atom stereocenters. The molecule has 196 valence electrons. The third kappa shape index (κ3) is 5.23. The number of ether oxygens (including phenoxy) is 1. The number of amides is 1. The Morgan fingerprint density at radius 3 is 2.41 bits per heavy atom. The highest BCUT2D eigenvalue weighted by Crippen LogP contribution is 2.43. The van der Waals surface area contributed by atoms with Gasteiger partial charge in [0.2, 0.25) is 0 Å². The summed E-state index contributed by atoms with van der Waals surface area (Å²) in [6.07, 6.45) is 2.21. The zero-order valence-corrected chi connectivity index (χ0v) is 22.3. The number of nitrogens with two attached hydrogens (primary N) is 1. The van der Waals surface area contributed by atoms with Crippen LogP contribution < -0.4 is 5.73 Å². The van der Waals surface area contributed by atoms with Gasteiger partial charge in [-0.05, 0) is 83.0 Å². The van der Waals surface area contributed by atoms with Gasteiger partial charge >= 0.3 is 5.97 Å². The average molecular weight is 548 g/mol. The van der Waals surface area contributed by atoms with E-state index in [9.17, 15) is 14.0 Å². The number of nitrogens with zero attached hydrogens (tertiary/aromatic N) is 2. The highest BCUT2D eigenvalue weighted by Gasteiger charge is 2.50. The van der Waals surface area contributed by atoms with E-state index in [1.807, 2.05) is 38.4 Å². The first kappa shape index (κ1) is 27.1. The second kappa shape index (κ2) is 10.4. The van der Waals surface area contributed by atoms with Crippen molar-refractivity contribution in [2.45, 2.75) is 50.2 Å². The van der Waals surface area contributed by atoms with Crippen molar-refractivity contribution in [1.82, 2.24) is 10.1 Å². The molecule has 2 aromatic carbocycles. The molecule has 1 aliphatic rings. The first-order chi connectivity index (χ1) is 17.5. The van der Waals surface area contributed by atoms with E-state index in [0.29, 0.717) is 24.3 Å². The van der Waals surface area contributed by atoms with Crippen LogP contribution in [0.5, 0.6) is 0 Å². The zero-order valence-electron chi connectivity index (χ0n) is 20.8. The summed E-state index contributed by atoms with van der Waals surface area (Å²) in [6, 6.07) is 11.8. The Morgan fingerprint density at radius 2 is 1.81 bits per heavy atom. The molecule has 0 saturated heterocycles. The minimum atomic E-state index is -1.54. The molecule has 0 atom stereocenters. The third-order valence-electron chi connectivity index (χ3n) is 7.36. The van der Waals surface area contributed by atoms with Crippen LogP contribution in [0.25, 0.3) is 11.3 Å². The Bertz CT molecular complexity index is 1310. The topological polar surface area (TPSA) is 98.7 Å². The number of likely N-dealkylation sites (N-methyl/N-ethyl adjacent to an activating group) is 1. The van der Waals surface area contributed by atoms with Crippen molar-refractivity contribution in [3.05, 3.63) is 75.2 Å². The molecule has 0 spiro atoms. The van der Waals surface area contributed by atoms with Gasteiger partial charge in [0, 0.05) is 10.6 Å². The van der Waals surface area contributed by atoms with Crippen LogP contribution in [0.1, 0.15) is 47.4 Å². The molecule has 1 saturated carbocycles. The summed E-state index contributed by atoms with van der Waals surface area (Å²) < 4.78 is 25.6. The van der Waals surface area contributed by atoms with Gasteiger partial charge < -0.3 is 19.9 Å². The second-order valence-corrected chi connectivity index (χ2v) is 10.6. The van der Waals surface area contributed by atoms with Crippen LogP contribution >= 0.6 is 23.2 Å². The van der Waals surface area contributed by atoms with Gasteiger partial charge in [-0.3, -0.25) is 4.79 Å². The maximum absolute atomic E-state index is 14.6. The maximum atomic E-state index is 14.6. The molecular formula is C27H28Cl2FN3O4. The molecule has 1 aliphatic carbocycles. The van der Waals surface area contributed by atoms with Gasteiger partial charge in [-0.1, -0.05) is 46.6 Å². The number of hydrogen-bond donors (Lipinski definition) is 1. The van der Waals surface area contributed by atoms with E-state index < -0.39 is 23.3 Å². The molecule has 0 aliphatic heterocycles. The zero-order chi connectivity index (χ0) is 27.0. The molecular weight excluding hydrogens is 520 g/mol. The van der Waals surface area contributed by atoms with Crippen LogP contribution in [0.3, 0.4) is 0 Å². The minimum absolute atomic E-state index is 0.0569. The fourth-order valence-corrected chi connectivity index (χ4v) is 5.53. The predicted octanol–water partition coefficient (Wildman–Crippen LogP) is 5.59. The van der Waals surface area contributed by atoms with Gasteiger partial charge in [-0.25, -0.2) is 9.18 Å². The van der Waals surface area contributed by atoms with Crippen molar-refractivity contribution in [1.29, 1.82) is 0 Å². The number of aromatic nitrogens is 1. The maximum Gasteiger partial charge on any atom is 0.345 e.